The molecule has 0 N–H and O–H groups in total. The van der Waals surface area contributed by atoms with Gasteiger partial charge in [-0.25, -0.2) is 0 Å². The Balaban J connectivity index is 1.29. The maximum atomic E-state index is 12.6. The first-order valence-corrected chi connectivity index (χ1v) is 11.0. The van der Waals surface area contributed by atoms with E-state index in [-0.39, 0.29) is 11.0 Å². The van der Waals surface area contributed by atoms with E-state index in [4.69, 9.17) is 4.18 Å². The van der Waals surface area contributed by atoms with Crippen molar-refractivity contribution in [2.75, 3.05) is 0 Å². The Morgan fingerprint density at radius 1 is 0.870 bits per heavy atom. The number of benzene rings is 1. The van der Waals surface area contributed by atoms with Crippen molar-refractivity contribution in [2.45, 2.75) is 30.3 Å². The lowest BCUT2D eigenvalue weighted by Crippen LogP contribution is -2.37. The van der Waals surface area contributed by atoms with E-state index in [0.717, 1.165) is 52.3 Å². The number of hydrogen-bond acceptors (Lipinski definition) is 3. The molecule has 6 saturated carbocycles. The summed E-state index contributed by atoms with van der Waals surface area (Å²) in [5.74, 6) is 6.59. The lowest BCUT2D eigenvalue weighted by Gasteiger charge is -2.38. The smallest absolute Gasteiger partial charge is 0.263 e. The summed E-state index contributed by atoms with van der Waals surface area (Å²) in [6.07, 6.45) is 3.75. The highest BCUT2D eigenvalue weighted by Crippen LogP contribution is 2.82. The van der Waals surface area contributed by atoms with Crippen LogP contribution < -0.4 is 0 Å². The molecule has 0 aromatic heterocycles. The van der Waals surface area contributed by atoms with Crippen LogP contribution in [0, 0.1) is 47.3 Å². The van der Waals surface area contributed by atoms with Gasteiger partial charge in [0.25, 0.3) is 10.1 Å². The second-order valence-electron chi connectivity index (χ2n) is 8.23. The highest BCUT2D eigenvalue weighted by Gasteiger charge is 2.79. The van der Waals surface area contributed by atoms with Crippen molar-refractivity contribution >= 4 is 26.0 Å². The largest absolute Gasteiger partial charge is 0.297 e. The van der Waals surface area contributed by atoms with Crippen molar-refractivity contribution in [3.8, 4) is 0 Å². The van der Waals surface area contributed by atoms with Gasteiger partial charge >= 0.3 is 0 Å². The molecule has 122 valence electrons. The molecule has 3 nitrogen and oxygen atoms in total. The van der Waals surface area contributed by atoms with Crippen LogP contribution >= 0.6 is 15.9 Å². The van der Waals surface area contributed by atoms with Crippen LogP contribution in [0.3, 0.4) is 0 Å². The Morgan fingerprint density at radius 2 is 1.48 bits per heavy atom. The van der Waals surface area contributed by atoms with Crippen molar-refractivity contribution in [3.63, 3.8) is 0 Å². The molecule has 5 heteroatoms. The van der Waals surface area contributed by atoms with Crippen LogP contribution in [0.5, 0.6) is 0 Å². The van der Waals surface area contributed by atoms with Gasteiger partial charge in [-0.05, 0) is 90.9 Å². The minimum Gasteiger partial charge on any atom is -0.263 e. The molecule has 1 aromatic carbocycles. The fraction of sp³-hybridized carbons (Fsp3) is 0.667. The molecule has 0 aliphatic heterocycles. The van der Waals surface area contributed by atoms with E-state index in [1.54, 1.807) is 24.3 Å². The van der Waals surface area contributed by atoms with Crippen molar-refractivity contribution in [2.24, 2.45) is 47.3 Å². The molecule has 6 aliphatic carbocycles. The first-order valence-electron chi connectivity index (χ1n) is 8.75. The average Bonchev–Trinajstić information content (AvgIpc) is 3.28. The third kappa shape index (κ3) is 1.53. The van der Waals surface area contributed by atoms with E-state index < -0.39 is 10.1 Å². The molecule has 9 atom stereocenters. The zero-order valence-corrected chi connectivity index (χ0v) is 15.0. The topological polar surface area (TPSA) is 43.4 Å². The van der Waals surface area contributed by atoms with Crippen LogP contribution in [0.1, 0.15) is 19.3 Å². The van der Waals surface area contributed by atoms with E-state index in [1.807, 2.05) is 0 Å². The van der Waals surface area contributed by atoms with Crippen molar-refractivity contribution in [3.05, 3.63) is 28.7 Å². The van der Waals surface area contributed by atoms with Gasteiger partial charge in [0.2, 0.25) is 0 Å². The fourth-order valence-electron chi connectivity index (χ4n) is 7.77. The normalized spacial score (nSPS) is 51.3. The lowest BCUT2D eigenvalue weighted by molar-refractivity contribution is 0.0471. The van der Waals surface area contributed by atoms with Gasteiger partial charge in [-0.2, -0.15) is 8.42 Å². The second kappa shape index (κ2) is 4.23. The average molecular weight is 395 g/mol. The van der Waals surface area contributed by atoms with Gasteiger partial charge < -0.3 is 0 Å². The molecule has 7 rings (SSSR count). The van der Waals surface area contributed by atoms with Crippen LogP contribution in [0.15, 0.2) is 33.6 Å². The van der Waals surface area contributed by atoms with E-state index in [1.165, 1.54) is 12.8 Å². The summed E-state index contributed by atoms with van der Waals surface area (Å²) in [4.78, 5) is 0.280. The molecule has 0 spiro atoms. The monoisotopic (exact) mass is 394 g/mol. The molecule has 23 heavy (non-hydrogen) atoms. The minimum atomic E-state index is -3.64. The summed E-state index contributed by atoms with van der Waals surface area (Å²) in [5, 5.41) is 0. The van der Waals surface area contributed by atoms with Gasteiger partial charge in [0.15, 0.2) is 0 Å². The Kier molecular flexibility index (Phi) is 2.54. The standard InChI is InChI=1S/C18H19BrO3S/c19-8-1-3-9(4-2-8)23(20,21)22-13-7-12-15-10-5-6-11-14(10)17(12)18(13)16(11)15/h1-4,10-18H,5-7H2/t10-,11-,12+,13+,14-,15+,16+,17-,18+/m1/s1. The maximum Gasteiger partial charge on any atom is 0.297 e. The molecular weight excluding hydrogens is 376 g/mol. The quantitative estimate of drug-likeness (QED) is 0.734. The summed E-state index contributed by atoms with van der Waals surface area (Å²) in [7, 11) is -3.64. The predicted molar refractivity (Wildman–Crippen MR) is 88.0 cm³/mol. The van der Waals surface area contributed by atoms with Crippen LogP contribution in [-0.4, -0.2) is 14.5 Å². The summed E-state index contributed by atoms with van der Waals surface area (Å²) >= 11 is 3.35. The zero-order chi connectivity index (χ0) is 15.5. The van der Waals surface area contributed by atoms with Crippen molar-refractivity contribution in [1.82, 2.24) is 0 Å². The third-order valence-electron chi connectivity index (χ3n) is 7.86. The fourth-order valence-corrected chi connectivity index (χ4v) is 9.15. The zero-order valence-electron chi connectivity index (χ0n) is 12.6. The summed E-state index contributed by atoms with van der Waals surface area (Å²) in [6.45, 7) is 0. The molecule has 0 heterocycles. The van der Waals surface area contributed by atoms with E-state index in [0.29, 0.717) is 5.92 Å². The number of hydrogen-bond donors (Lipinski definition) is 0. The van der Waals surface area contributed by atoms with Gasteiger partial charge in [-0.15, -0.1) is 0 Å². The molecular formula is C18H19BrO3S. The van der Waals surface area contributed by atoms with E-state index >= 15 is 0 Å². The Morgan fingerprint density at radius 3 is 2.22 bits per heavy atom. The summed E-state index contributed by atoms with van der Waals surface area (Å²) < 4.78 is 31.9. The highest BCUT2D eigenvalue weighted by atomic mass is 79.9. The first kappa shape index (κ1) is 13.9. The maximum absolute atomic E-state index is 12.6. The highest BCUT2D eigenvalue weighted by molar-refractivity contribution is 9.10. The summed E-state index contributed by atoms with van der Waals surface area (Å²) in [6, 6.07) is 6.77. The van der Waals surface area contributed by atoms with Crippen LogP contribution in [0.25, 0.3) is 0 Å². The van der Waals surface area contributed by atoms with Crippen molar-refractivity contribution < 1.29 is 12.6 Å². The first-order chi connectivity index (χ1) is 11.1. The van der Waals surface area contributed by atoms with Crippen LogP contribution in [0.4, 0.5) is 0 Å². The van der Waals surface area contributed by atoms with Gasteiger partial charge in [-0.1, -0.05) is 15.9 Å². The van der Waals surface area contributed by atoms with E-state index in [2.05, 4.69) is 15.9 Å². The Bertz CT molecular complexity index is 781. The van der Waals surface area contributed by atoms with Gasteiger partial charge in [-0.3, -0.25) is 4.18 Å². The predicted octanol–water partition coefficient (Wildman–Crippen LogP) is 3.69. The lowest BCUT2D eigenvalue weighted by atomic mass is 9.70. The third-order valence-corrected chi connectivity index (χ3v) is 9.74. The van der Waals surface area contributed by atoms with E-state index in [9.17, 15) is 8.42 Å². The number of halogens is 1. The Labute approximate surface area is 145 Å². The van der Waals surface area contributed by atoms with Crippen LogP contribution in [0.2, 0.25) is 0 Å². The second-order valence-corrected chi connectivity index (χ2v) is 10.7. The SMILES string of the molecule is O=S(=O)(O[C@H]1C[C@H]2[C@@H]3[C@@H]4CC[C@@H]5[C@@H]4[C@@H]2[C@@H]1[C@@H]53)c1ccc(Br)cc1. The number of rotatable bonds is 3. The molecule has 0 unspecified atom stereocenters. The molecule has 6 aliphatic rings. The molecule has 8 bridgehead atoms. The molecule has 0 radical (unpaired) electrons. The van der Waals surface area contributed by atoms with Gasteiger partial charge in [0, 0.05) is 4.47 Å². The van der Waals surface area contributed by atoms with Crippen molar-refractivity contribution in [1.29, 1.82) is 0 Å². The summed E-state index contributed by atoms with van der Waals surface area (Å²) in [5.41, 5.74) is 0. The molecule has 1 aromatic rings. The minimum absolute atomic E-state index is 0.0635. The van der Waals surface area contributed by atoms with Gasteiger partial charge in [0.1, 0.15) is 0 Å². The molecule has 0 saturated heterocycles. The molecule has 0 amide bonds. The Hall–Kier alpha value is -0.390. The van der Waals surface area contributed by atoms with Gasteiger partial charge in [0.05, 0.1) is 11.0 Å². The van der Waals surface area contributed by atoms with Crippen LogP contribution in [-0.2, 0) is 14.3 Å². The molecule has 6 fully saturated rings.